The van der Waals surface area contributed by atoms with Crippen molar-refractivity contribution in [2.24, 2.45) is 0 Å². The van der Waals surface area contributed by atoms with Crippen LogP contribution in [0.1, 0.15) is 5.56 Å². The van der Waals surface area contributed by atoms with Crippen molar-refractivity contribution in [1.82, 2.24) is 0 Å². The Morgan fingerprint density at radius 1 is 1.43 bits per heavy atom. The average Bonchev–Trinajstić information content (AvgIpc) is 2.56. The number of fused-ring (bicyclic) bond motifs is 1. The summed E-state index contributed by atoms with van der Waals surface area (Å²) >= 11 is 1.24. The first-order valence-electron chi connectivity index (χ1n) is 3.95. The Morgan fingerprint density at radius 3 is 2.86 bits per heavy atom. The Morgan fingerprint density at radius 2 is 2.21 bits per heavy atom. The Balaban J connectivity index is 2.80. The molecule has 2 aromatic rings. The van der Waals surface area contributed by atoms with Gasteiger partial charge in [0.15, 0.2) is 5.06 Å². The third-order valence-corrected chi connectivity index (χ3v) is 2.84. The SMILES string of the molecule is COc1cc(C#N)c2cc(O)sc2c1. The lowest BCUT2D eigenvalue weighted by Gasteiger charge is -2.00. The smallest absolute Gasteiger partial charge is 0.172 e. The minimum absolute atomic E-state index is 0.213. The maximum atomic E-state index is 9.31. The van der Waals surface area contributed by atoms with Crippen molar-refractivity contribution < 1.29 is 9.84 Å². The lowest BCUT2D eigenvalue weighted by molar-refractivity contribution is 0.415. The number of aromatic hydroxyl groups is 1. The van der Waals surface area contributed by atoms with Crippen LogP contribution in [0.4, 0.5) is 0 Å². The van der Waals surface area contributed by atoms with Gasteiger partial charge in [0.25, 0.3) is 0 Å². The second kappa shape index (κ2) is 3.20. The zero-order valence-corrected chi connectivity index (χ0v) is 8.26. The van der Waals surface area contributed by atoms with Crippen LogP contribution in [0, 0.1) is 11.3 Å². The van der Waals surface area contributed by atoms with Crippen LogP contribution in [-0.4, -0.2) is 12.2 Å². The van der Waals surface area contributed by atoms with E-state index >= 15 is 0 Å². The second-order valence-electron chi connectivity index (χ2n) is 2.78. The number of ether oxygens (including phenoxy) is 1. The van der Waals surface area contributed by atoms with Gasteiger partial charge in [-0.3, -0.25) is 0 Å². The number of thiophene rings is 1. The average molecular weight is 205 g/mol. The molecule has 1 aromatic carbocycles. The molecule has 0 aliphatic heterocycles. The van der Waals surface area contributed by atoms with Crippen LogP contribution in [0.25, 0.3) is 10.1 Å². The first-order valence-corrected chi connectivity index (χ1v) is 4.77. The van der Waals surface area contributed by atoms with Gasteiger partial charge >= 0.3 is 0 Å². The third kappa shape index (κ3) is 1.28. The van der Waals surface area contributed by atoms with E-state index in [9.17, 15) is 5.11 Å². The number of nitriles is 1. The van der Waals surface area contributed by atoms with E-state index in [0.717, 1.165) is 10.1 Å². The number of hydrogen-bond acceptors (Lipinski definition) is 4. The van der Waals surface area contributed by atoms with Crippen LogP contribution in [0.2, 0.25) is 0 Å². The zero-order chi connectivity index (χ0) is 10.1. The number of methoxy groups -OCH3 is 1. The molecular weight excluding hydrogens is 198 g/mol. The molecule has 0 saturated carbocycles. The highest BCUT2D eigenvalue weighted by Crippen LogP contribution is 2.35. The molecule has 2 rings (SSSR count). The maximum Gasteiger partial charge on any atom is 0.172 e. The Hall–Kier alpha value is -1.73. The quantitative estimate of drug-likeness (QED) is 0.778. The van der Waals surface area contributed by atoms with Gasteiger partial charge in [-0.2, -0.15) is 5.26 Å². The summed E-state index contributed by atoms with van der Waals surface area (Å²) in [6, 6.07) is 7.14. The van der Waals surface area contributed by atoms with Crippen molar-refractivity contribution in [3.05, 3.63) is 23.8 Å². The molecule has 14 heavy (non-hydrogen) atoms. The largest absolute Gasteiger partial charge is 0.499 e. The molecule has 0 radical (unpaired) electrons. The van der Waals surface area contributed by atoms with Gasteiger partial charge in [0.05, 0.1) is 18.7 Å². The second-order valence-corrected chi connectivity index (χ2v) is 3.85. The normalized spacial score (nSPS) is 10.0. The molecule has 70 valence electrons. The number of hydrogen-bond donors (Lipinski definition) is 1. The highest BCUT2D eigenvalue weighted by atomic mass is 32.1. The van der Waals surface area contributed by atoms with Crippen molar-refractivity contribution in [3.8, 4) is 16.9 Å². The van der Waals surface area contributed by atoms with Crippen molar-refractivity contribution in [3.63, 3.8) is 0 Å². The zero-order valence-electron chi connectivity index (χ0n) is 7.44. The van der Waals surface area contributed by atoms with Crippen LogP contribution in [0.5, 0.6) is 10.8 Å². The van der Waals surface area contributed by atoms with Gasteiger partial charge in [-0.15, -0.1) is 0 Å². The van der Waals surface area contributed by atoms with E-state index < -0.39 is 0 Å². The van der Waals surface area contributed by atoms with Crippen LogP contribution >= 0.6 is 11.3 Å². The highest BCUT2D eigenvalue weighted by molar-refractivity contribution is 7.20. The Labute approximate surface area is 84.8 Å². The molecule has 0 bridgehead atoms. The van der Waals surface area contributed by atoms with Crippen molar-refractivity contribution in [1.29, 1.82) is 5.26 Å². The van der Waals surface area contributed by atoms with E-state index in [4.69, 9.17) is 10.00 Å². The number of nitrogens with zero attached hydrogens (tertiary/aromatic N) is 1. The molecule has 0 aliphatic carbocycles. The summed E-state index contributed by atoms with van der Waals surface area (Å²) < 4.78 is 5.91. The summed E-state index contributed by atoms with van der Waals surface area (Å²) in [4.78, 5) is 0. The first kappa shape index (κ1) is 8.85. The lowest BCUT2D eigenvalue weighted by atomic mass is 10.1. The Bertz CT molecular complexity index is 525. The van der Waals surface area contributed by atoms with Gasteiger partial charge in [-0.25, -0.2) is 0 Å². The van der Waals surface area contributed by atoms with E-state index in [1.807, 2.05) is 0 Å². The molecule has 4 heteroatoms. The maximum absolute atomic E-state index is 9.31. The standard InChI is InChI=1S/C10H7NO2S/c1-13-7-2-6(5-11)8-4-10(12)14-9(8)3-7/h2-4,12H,1H3. The van der Waals surface area contributed by atoms with Crippen LogP contribution in [-0.2, 0) is 0 Å². The predicted molar refractivity (Wildman–Crippen MR) is 54.8 cm³/mol. The molecule has 0 fully saturated rings. The summed E-state index contributed by atoms with van der Waals surface area (Å²) in [6.07, 6.45) is 0. The first-order chi connectivity index (χ1) is 6.74. The summed E-state index contributed by atoms with van der Waals surface area (Å²) in [5, 5.41) is 19.2. The van der Waals surface area contributed by atoms with Crippen molar-refractivity contribution in [2.75, 3.05) is 7.11 Å². The van der Waals surface area contributed by atoms with E-state index in [1.54, 1.807) is 25.3 Å². The van der Waals surface area contributed by atoms with Gasteiger partial charge in [0.2, 0.25) is 0 Å². The monoisotopic (exact) mass is 205 g/mol. The topological polar surface area (TPSA) is 53.2 Å². The lowest BCUT2D eigenvalue weighted by Crippen LogP contribution is -1.83. The van der Waals surface area contributed by atoms with E-state index in [2.05, 4.69) is 6.07 Å². The van der Waals surface area contributed by atoms with Crippen LogP contribution < -0.4 is 4.74 Å². The van der Waals surface area contributed by atoms with Crippen LogP contribution in [0.3, 0.4) is 0 Å². The Kier molecular flexibility index (Phi) is 2.02. The molecule has 0 saturated heterocycles. The predicted octanol–water partition coefficient (Wildman–Crippen LogP) is 2.49. The molecule has 1 aromatic heterocycles. The summed E-state index contributed by atoms with van der Waals surface area (Å²) in [7, 11) is 1.55. The van der Waals surface area contributed by atoms with Crippen molar-refractivity contribution >= 4 is 21.4 Å². The van der Waals surface area contributed by atoms with Gasteiger partial charge in [0.1, 0.15) is 5.75 Å². The number of benzene rings is 1. The minimum Gasteiger partial charge on any atom is -0.499 e. The molecule has 1 N–H and O–H groups in total. The highest BCUT2D eigenvalue weighted by Gasteiger charge is 2.07. The van der Waals surface area contributed by atoms with Gasteiger partial charge in [-0.05, 0) is 12.1 Å². The fraction of sp³-hybridized carbons (Fsp3) is 0.100. The third-order valence-electron chi connectivity index (χ3n) is 1.95. The summed E-state index contributed by atoms with van der Waals surface area (Å²) in [5.74, 6) is 0.635. The molecule has 0 unspecified atom stereocenters. The van der Waals surface area contributed by atoms with Gasteiger partial charge in [-0.1, -0.05) is 11.3 Å². The fourth-order valence-corrected chi connectivity index (χ4v) is 2.17. The van der Waals surface area contributed by atoms with E-state index in [0.29, 0.717) is 11.3 Å². The van der Waals surface area contributed by atoms with Crippen LogP contribution in [0.15, 0.2) is 18.2 Å². The molecule has 0 spiro atoms. The molecule has 0 atom stereocenters. The summed E-state index contributed by atoms with van der Waals surface area (Å²) in [6.45, 7) is 0. The molecule has 3 nitrogen and oxygen atoms in total. The van der Waals surface area contributed by atoms with E-state index in [-0.39, 0.29) is 5.06 Å². The van der Waals surface area contributed by atoms with E-state index in [1.165, 1.54) is 11.3 Å². The summed E-state index contributed by atoms with van der Waals surface area (Å²) in [5.41, 5.74) is 0.524. The molecule has 1 heterocycles. The molecule has 0 amide bonds. The molecular formula is C10H7NO2S. The molecule has 0 aliphatic rings. The minimum atomic E-state index is 0.213. The fourth-order valence-electron chi connectivity index (χ4n) is 1.31. The van der Waals surface area contributed by atoms with Gasteiger partial charge < -0.3 is 9.84 Å². The number of rotatable bonds is 1. The van der Waals surface area contributed by atoms with Gasteiger partial charge in [0, 0.05) is 16.2 Å². The van der Waals surface area contributed by atoms with Crippen molar-refractivity contribution in [2.45, 2.75) is 0 Å².